The number of carbonyl (C=O) groups excluding carboxylic acids is 1. The number of hydrogen-bond acceptors (Lipinski definition) is 2. The van der Waals surface area contributed by atoms with E-state index >= 15 is 0 Å². The van der Waals surface area contributed by atoms with Gasteiger partial charge in [0.15, 0.2) is 0 Å². The maximum absolute atomic E-state index is 10.8. The fourth-order valence-electron chi connectivity index (χ4n) is 1.46. The molecule has 0 fully saturated rings. The molecule has 0 aliphatic carbocycles. The maximum Gasteiger partial charge on any atom is 0.221 e. The zero-order chi connectivity index (χ0) is 11.4. The molecule has 0 radical (unpaired) electrons. The van der Waals surface area contributed by atoms with Crippen LogP contribution in [0.2, 0.25) is 0 Å². The van der Waals surface area contributed by atoms with E-state index in [1.807, 2.05) is 42.5 Å². The van der Waals surface area contributed by atoms with E-state index in [9.17, 15) is 4.79 Å². The van der Waals surface area contributed by atoms with Gasteiger partial charge < -0.3 is 5.32 Å². The molecule has 1 aromatic heterocycles. The molecule has 0 aliphatic rings. The number of pyridine rings is 1. The first-order chi connectivity index (χ1) is 7.75. The number of hydrogen-bond donors (Lipinski definition) is 1. The van der Waals surface area contributed by atoms with Crippen LogP contribution in [-0.4, -0.2) is 10.9 Å². The van der Waals surface area contributed by atoms with Gasteiger partial charge in [0.2, 0.25) is 5.91 Å². The van der Waals surface area contributed by atoms with Crippen molar-refractivity contribution < 1.29 is 4.79 Å². The molecular formula is C13H12N2O. The summed E-state index contributed by atoms with van der Waals surface area (Å²) < 4.78 is 0. The van der Waals surface area contributed by atoms with Gasteiger partial charge in [-0.2, -0.15) is 0 Å². The Kier molecular flexibility index (Phi) is 2.96. The molecule has 0 unspecified atom stereocenters. The lowest BCUT2D eigenvalue weighted by Crippen LogP contribution is -2.05. The maximum atomic E-state index is 10.8. The van der Waals surface area contributed by atoms with Crippen molar-refractivity contribution in [1.82, 2.24) is 4.98 Å². The number of nitrogens with zero attached hydrogens (tertiary/aromatic N) is 1. The van der Waals surface area contributed by atoms with E-state index in [1.54, 1.807) is 6.20 Å². The highest BCUT2D eigenvalue weighted by Gasteiger charge is 1.99. The summed E-state index contributed by atoms with van der Waals surface area (Å²) in [5.74, 6) is -0.0643. The first-order valence-electron chi connectivity index (χ1n) is 5.05. The fourth-order valence-corrected chi connectivity index (χ4v) is 1.46. The summed E-state index contributed by atoms with van der Waals surface area (Å²) in [5.41, 5.74) is 2.76. The smallest absolute Gasteiger partial charge is 0.221 e. The number of aromatic nitrogens is 1. The van der Waals surface area contributed by atoms with E-state index in [2.05, 4.69) is 10.3 Å². The minimum Gasteiger partial charge on any atom is -0.326 e. The molecule has 16 heavy (non-hydrogen) atoms. The Morgan fingerprint density at radius 3 is 2.44 bits per heavy atom. The number of nitrogens with one attached hydrogen (secondary N) is 1. The van der Waals surface area contributed by atoms with Crippen molar-refractivity contribution in [3.05, 3.63) is 48.7 Å². The molecule has 2 aromatic rings. The van der Waals surface area contributed by atoms with Crippen molar-refractivity contribution >= 4 is 11.6 Å². The van der Waals surface area contributed by atoms with Crippen LogP contribution in [0.5, 0.6) is 0 Å². The topological polar surface area (TPSA) is 42.0 Å². The predicted octanol–water partition coefficient (Wildman–Crippen LogP) is 2.71. The average molecular weight is 212 g/mol. The van der Waals surface area contributed by atoms with Crippen LogP contribution in [0, 0.1) is 0 Å². The van der Waals surface area contributed by atoms with Crippen molar-refractivity contribution in [3.8, 4) is 11.3 Å². The highest BCUT2D eigenvalue weighted by Crippen LogP contribution is 2.18. The molecule has 1 aromatic carbocycles. The van der Waals surface area contributed by atoms with Gasteiger partial charge in [-0.1, -0.05) is 18.2 Å². The van der Waals surface area contributed by atoms with Crippen molar-refractivity contribution in [2.45, 2.75) is 6.92 Å². The van der Waals surface area contributed by atoms with E-state index < -0.39 is 0 Å². The SMILES string of the molecule is CC(=O)Nc1ccc(-c2ccccn2)cc1. The lowest BCUT2D eigenvalue weighted by molar-refractivity contribution is -0.114. The Labute approximate surface area is 94.1 Å². The molecule has 0 saturated carbocycles. The summed E-state index contributed by atoms with van der Waals surface area (Å²) in [6.45, 7) is 1.49. The van der Waals surface area contributed by atoms with Crippen molar-refractivity contribution in [1.29, 1.82) is 0 Å². The first-order valence-corrected chi connectivity index (χ1v) is 5.05. The Morgan fingerprint density at radius 1 is 1.12 bits per heavy atom. The summed E-state index contributed by atoms with van der Waals surface area (Å²) in [6.07, 6.45) is 1.76. The first kappa shape index (κ1) is 10.4. The van der Waals surface area contributed by atoms with Crippen molar-refractivity contribution in [2.75, 3.05) is 5.32 Å². The lowest BCUT2D eigenvalue weighted by atomic mass is 10.1. The second kappa shape index (κ2) is 4.57. The molecule has 3 heteroatoms. The molecule has 0 saturated heterocycles. The van der Waals surface area contributed by atoms with Gasteiger partial charge in [0.25, 0.3) is 0 Å². The van der Waals surface area contributed by atoms with Crippen molar-refractivity contribution in [3.63, 3.8) is 0 Å². The highest BCUT2D eigenvalue weighted by molar-refractivity contribution is 5.88. The third-order valence-corrected chi connectivity index (χ3v) is 2.17. The third kappa shape index (κ3) is 2.45. The molecule has 0 aliphatic heterocycles. The number of anilines is 1. The van der Waals surface area contributed by atoms with E-state index in [1.165, 1.54) is 6.92 Å². The Hall–Kier alpha value is -2.16. The number of rotatable bonds is 2. The fraction of sp³-hybridized carbons (Fsp3) is 0.0769. The van der Waals surface area contributed by atoms with Crippen LogP contribution in [0.4, 0.5) is 5.69 Å². The van der Waals surface area contributed by atoms with Crippen LogP contribution in [0.15, 0.2) is 48.7 Å². The number of carbonyl (C=O) groups is 1. The molecule has 1 amide bonds. The van der Waals surface area contributed by atoms with Crippen LogP contribution in [0.1, 0.15) is 6.92 Å². The Balaban J connectivity index is 2.23. The quantitative estimate of drug-likeness (QED) is 0.831. The molecule has 0 bridgehead atoms. The summed E-state index contributed by atoms with van der Waals surface area (Å²) in [7, 11) is 0. The zero-order valence-electron chi connectivity index (χ0n) is 8.97. The Bertz CT molecular complexity index is 477. The monoisotopic (exact) mass is 212 g/mol. The third-order valence-electron chi connectivity index (χ3n) is 2.17. The van der Waals surface area contributed by atoms with Crippen molar-refractivity contribution in [2.24, 2.45) is 0 Å². The van der Waals surface area contributed by atoms with Gasteiger partial charge in [-0.15, -0.1) is 0 Å². The molecular weight excluding hydrogens is 200 g/mol. The molecule has 0 atom stereocenters. The molecule has 2 rings (SSSR count). The van der Waals surface area contributed by atoms with E-state index in [4.69, 9.17) is 0 Å². The normalized spacial score (nSPS) is 9.81. The standard InChI is InChI=1S/C13H12N2O/c1-10(16)15-12-7-5-11(6-8-12)13-4-2-3-9-14-13/h2-9H,1H3,(H,15,16). The van der Waals surface area contributed by atoms with Crippen LogP contribution >= 0.6 is 0 Å². The van der Waals surface area contributed by atoms with Gasteiger partial charge in [-0.05, 0) is 24.3 Å². The van der Waals surface area contributed by atoms with Crippen LogP contribution in [0.3, 0.4) is 0 Å². The average Bonchev–Trinajstić information content (AvgIpc) is 2.30. The van der Waals surface area contributed by atoms with Crippen LogP contribution in [-0.2, 0) is 4.79 Å². The summed E-state index contributed by atoms with van der Waals surface area (Å²) >= 11 is 0. The zero-order valence-corrected chi connectivity index (χ0v) is 8.97. The molecule has 3 nitrogen and oxygen atoms in total. The van der Waals surface area contributed by atoms with E-state index in [-0.39, 0.29) is 5.91 Å². The second-order valence-electron chi connectivity index (χ2n) is 3.47. The molecule has 0 spiro atoms. The van der Waals surface area contributed by atoms with E-state index in [0.29, 0.717) is 0 Å². The Morgan fingerprint density at radius 2 is 1.88 bits per heavy atom. The predicted molar refractivity (Wildman–Crippen MR) is 64.0 cm³/mol. The number of amides is 1. The second-order valence-corrected chi connectivity index (χ2v) is 3.47. The van der Waals surface area contributed by atoms with Gasteiger partial charge in [-0.25, -0.2) is 0 Å². The van der Waals surface area contributed by atoms with Crippen LogP contribution in [0.25, 0.3) is 11.3 Å². The molecule has 1 N–H and O–H groups in total. The van der Waals surface area contributed by atoms with Gasteiger partial charge in [-0.3, -0.25) is 9.78 Å². The van der Waals surface area contributed by atoms with Gasteiger partial charge in [0.1, 0.15) is 0 Å². The summed E-state index contributed by atoms with van der Waals surface area (Å²) in [6, 6.07) is 13.4. The van der Waals surface area contributed by atoms with E-state index in [0.717, 1.165) is 16.9 Å². The summed E-state index contributed by atoms with van der Waals surface area (Å²) in [5, 5.41) is 2.72. The minimum absolute atomic E-state index is 0.0643. The molecule has 80 valence electrons. The largest absolute Gasteiger partial charge is 0.326 e. The van der Waals surface area contributed by atoms with Crippen LogP contribution < -0.4 is 5.32 Å². The van der Waals surface area contributed by atoms with Gasteiger partial charge in [0.05, 0.1) is 5.69 Å². The van der Waals surface area contributed by atoms with Gasteiger partial charge >= 0.3 is 0 Å². The summed E-state index contributed by atoms with van der Waals surface area (Å²) in [4.78, 5) is 15.1. The lowest BCUT2D eigenvalue weighted by Gasteiger charge is -2.03. The highest BCUT2D eigenvalue weighted by atomic mass is 16.1. The minimum atomic E-state index is -0.0643. The van der Waals surface area contributed by atoms with Gasteiger partial charge in [0, 0.05) is 24.4 Å². The molecule has 1 heterocycles. The number of benzene rings is 1.